The molecule has 2 aromatic rings. The Bertz CT molecular complexity index is 1040. The van der Waals surface area contributed by atoms with Crippen LogP contribution < -0.4 is 5.73 Å². The Labute approximate surface area is 130 Å². The van der Waals surface area contributed by atoms with Crippen molar-refractivity contribution in [2.45, 2.75) is 9.79 Å². The number of phenolic OH excluding ortho intramolecular Hbond substituents is 1. The average Bonchev–Trinajstić information content (AvgIpc) is 2.38. The van der Waals surface area contributed by atoms with Crippen molar-refractivity contribution in [2.24, 2.45) is 10.2 Å². The zero-order valence-corrected chi connectivity index (χ0v) is 13.1. The number of hydrogen-bond donors (Lipinski definition) is 4. The summed E-state index contributed by atoms with van der Waals surface area (Å²) in [4.78, 5) is -1.40. The maximum atomic E-state index is 11.4. The highest BCUT2D eigenvalue weighted by atomic mass is 32.2. The van der Waals surface area contributed by atoms with Gasteiger partial charge < -0.3 is 10.8 Å². The van der Waals surface area contributed by atoms with Crippen LogP contribution >= 0.6 is 0 Å². The van der Waals surface area contributed by atoms with Crippen molar-refractivity contribution in [2.75, 3.05) is 12.8 Å². The minimum atomic E-state index is -4.80. The molecule has 2 rings (SSSR count). The molecule has 12 heteroatoms. The molecule has 0 aliphatic heterocycles. The second kappa shape index (κ2) is 5.42. The summed E-state index contributed by atoms with van der Waals surface area (Å²) in [5, 5.41) is 16.7. The number of aromatic hydroxyl groups is 1. The number of benzene rings is 2. The lowest BCUT2D eigenvalue weighted by molar-refractivity contribution is 0.472. The van der Waals surface area contributed by atoms with E-state index in [1.54, 1.807) is 0 Å². The maximum absolute atomic E-state index is 11.4. The van der Waals surface area contributed by atoms with Crippen molar-refractivity contribution in [1.29, 1.82) is 0 Å². The predicted molar refractivity (Wildman–Crippen MR) is 80.1 cm³/mol. The summed E-state index contributed by atoms with van der Waals surface area (Å²) in [5.74, 6) is -0.708. The summed E-state index contributed by atoms with van der Waals surface area (Å²) in [6.45, 7) is 0. The highest BCUT2D eigenvalue weighted by Gasteiger charge is 2.24. The van der Waals surface area contributed by atoms with Gasteiger partial charge in [-0.05, 0) is 23.6 Å². The Balaban J connectivity index is 3.07. The Hall–Kier alpha value is -2.28. The molecular formula is C11H11N3O7S2. The van der Waals surface area contributed by atoms with Gasteiger partial charge in [0.1, 0.15) is 10.6 Å². The normalized spacial score (nSPS) is 13.0. The van der Waals surface area contributed by atoms with Gasteiger partial charge in [0.05, 0.1) is 4.90 Å². The fraction of sp³-hybridized carbons (Fsp3) is 0.0909. The molecule has 0 bridgehead atoms. The minimum absolute atomic E-state index is 0.104. The van der Waals surface area contributed by atoms with Crippen molar-refractivity contribution in [3.63, 3.8) is 0 Å². The molecule has 0 unspecified atom stereocenters. The zero-order valence-electron chi connectivity index (χ0n) is 11.5. The van der Waals surface area contributed by atoms with Gasteiger partial charge in [-0.1, -0.05) is 0 Å². The second-order valence-electron chi connectivity index (χ2n) is 4.43. The van der Waals surface area contributed by atoms with E-state index in [0.717, 1.165) is 18.2 Å². The van der Waals surface area contributed by atoms with E-state index < -0.39 is 41.5 Å². The summed E-state index contributed by atoms with van der Waals surface area (Å²) in [6, 6.07) is 2.64. The smallest absolute Gasteiger partial charge is 0.296 e. The molecule has 10 nitrogen and oxygen atoms in total. The summed E-state index contributed by atoms with van der Waals surface area (Å²) in [5.41, 5.74) is 4.86. The average molecular weight is 361 g/mol. The van der Waals surface area contributed by atoms with Crippen LogP contribution in [0.1, 0.15) is 0 Å². The van der Waals surface area contributed by atoms with Crippen LogP contribution in [0, 0.1) is 0 Å². The third-order valence-electron chi connectivity index (χ3n) is 2.93. The lowest BCUT2D eigenvalue weighted by Crippen LogP contribution is -2.02. The molecule has 0 aliphatic carbocycles. The quantitative estimate of drug-likeness (QED) is 0.359. The van der Waals surface area contributed by atoms with E-state index in [-0.39, 0.29) is 16.5 Å². The van der Waals surface area contributed by atoms with Crippen LogP contribution in [0.25, 0.3) is 10.8 Å². The molecular weight excluding hydrogens is 350 g/mol. The molecule has 0 saturated carbocycles. The first-order valence-corrected chi connectivity index (χ1v) is 8.69. The number of nitrogen functional groups attached to an aromatic ring is 1. The fourth-order valence-electron chi connectivity index (χ4n) is 2.03. The van der Waals surface area contributed by atoms with Gasteiger partial charge >= 0.3 is 0 Å². The number of nitrogens with zero attached hydrogens (tertiary/aromatic N) is 2. The molecule has 5 N–H and O–H groups in total. The topological polar surface area (TPSA) is 180 Å². The Morgan fingerprint density at radius 1 is 1.04 bits per heavy atom. The van der Waals surface area contributed by atoms with Gasteiger partial charge in [0, 0.05) is 18.1 Å². The third kappa shape index (κ3) is 3.10. The number of phenols is 1. The van der Waals surface area contributed by atoms with Gasteiger partial charge in [0.15, 0.2) is 5.75 Å². The fourth-order valence-corrected chi connectivity index (χ4v) is 3.24. The third-order valence-corrected chi connectivity index (χ3v) is 4.63. The minimum Gasteiger partial charge on any atom is -0.505 e. The summed E-state index contributed by atoms with van der Waals surface area (Å²) in [7, 11) is -8.20. The molecule has 0 heterocycles. The predicted octanol–water partition coefficient (Wildman–Crippen LogP) is 1.33. The van der Waals surface area contributed by atoms with Crippen LogP contribution in [0.5, 0.6) is 5.75 Å². The molecule has 0 amide bonds. The second-order valence-corrected chi connectivity index (χ2v) is 7.24. The van der Waals surface area contributed by atoms with E-state index in [0.29, 0.717) is 0 Å². The van der Waals surface area contributed by atoms with Gasteiger partial charge in [0.2, 0.25) is 0 Å². The Morgan fingerprint density at radius 2 is 1.65 bits per heavy atom. The molecule has 124 valence electrons. The van der Waals surface area contributed by atoms with Gasteiger partial charge in [-0.3, -0.25) is 9.11 Å². The molecule has 0 aromatic heterocycles. The lowest BCUT2D eigenvalue weighted by atomic mass is 10.1. The first-order chi connectivity index (χ1) is 10.5. The van der Waals surface area contributed by atoms with Crippen molar-refractivity contribution in [3.05, 3.63) is 18.2 Å². The number of rotatable bonds is 3. The molecule has 0 aliphatic rings. The number of anilines is 1. The van der Waals surface area contributed by atoms with Crippen molar-refractivity contribution in [3.8, 4) is 5.75 Å². The number of hydrogen-bond acceptors (Lipinski definition) is 8. The van der Waals surface area contributed by atoms with Crippen LogP contribution in [0.3, 0.4) is 0 Å². The van der Waals surface area contributed by atoms with Crippen LogP contribution in [-0.4, -0.2) is 38.1 Å². The van der Waals surface area contributed by atoms with Crippen molar-refractivity contribution in [1.82, 2.24) is 0 Å². The summed E-state index contributed by atoms with van der Waals surface area (Å²) >= 11 is 0. The van der Waals surface area contributed by atoms with Crippen molar-refractivity contribution >= 4 is 42.4 Å². The van der Waals surface area contributed by atoms with E-state index in [1.165, 1.54) is 7.05 Å². The summed E-state index contributed by atoms with van der Waals surface area (Å²) < 4.78 is 63.6. The number of azo groups is 1. The van der Waals surface area contributed by atoms with E-state index in [2.05, 4.69) is 10.2 Å². The molecule has 0 atom stereocenters. The van der Waals surface area contributed by atoms with Gasteiger partial charge in [0.25, 0.3) is 20.2 Å². The SMILES string of the molecule is CN=Nc1c(S(=O)(=O)O)cc2cc(S(=O)(=O)O)cc(N)c2c1O. The van der Waals surface area contributed by atoms with E-state index >= 15 is 0 Å². The largest absolute Gasteiger partial charge is 0.505 e. The van der Waals surface area contributed by atoms with Crippen LogP contribution in [0.15, 0.2) is 38.2 Å². The lowest BCUT2D eigenvalue weighted by Gasteiger charge is -2.11. The highest BCUT2D eigenvalue weighted by molar-refractivity contribution is 7.86. The Morgan fingerprint density at radius 3 is 2.13 bits per heavy atom. The zero-order chi connectivity index (χ0) is 17.6. The highest BCUT2D eigenvalue weighted by Crippen LogP contribution is 2.43. The van der Waals surface area contributed by atoms with Crippen LogP contribution in [0.2, 0.25) is 0 Å². The van der Waals surface area contributed by atoms with Crippen molar-refractivity contribution < 1.29 is 31.0 Å². The van der Waals surface area contributed by atoms with E-state index in [9.17, 15) is 26.5 Å². The molecule has 0 saturated heterocycles. The Kier molecular flexibility index (Phi) is 4.02. The first kappa shape index (κ1) is 17.1. The van der Waals surface area contributed by atoms with E-state index in [4.69, 9.17) is 10.3 Å². The van der Waals surface area contributed by atoms with Gasteiger partial charge in [-0.25, -0.2) is 0 Å². The van der Waals surface area contributed by atoms with Gasteiger partial charge in [-0.2, -0.15) is 27.1 Å². The number of fused-ring (bicyclic) bond motifs is 1. The van der Waals surface area contributed by atoms with Crippen LogP contribution in [0.4, 0.5) is 11.4 Å². The first-order valence-electron chi connectivity index (χ1n) is 5.81. The molecule has 2 aromatic carbocycles. The molecule has 0 spiro atoms. The molecule has 0 fully saturated rings. The molecule has 0 radical (unpaired) electrons. The number of nitrogens with two attached hydrogens (primary N) is 1. The molecule has 23 heavy (non-hydrogen) atoms. The van der Waals surface area contributed by atoms with Gasteiger partial charge in [-0.15, -0.1) is 0 Å². The standard InChI is InChI=1S/C11H11N3O7S2/c1-13-14-10-8(23(19,20)21)3-5-2-6(22(16,17)18)4-7(12)9(5)11(10)15/h2-4,15H,12H2,1H3,(H,16,17,18)(H,19,20,21). The monoisotopic (exact) mass is 361 g/mol. The maximum Gasteiger partial charge on any atom is 0.296 e. The van der Waals surface area contributed by atoms with Crippen LogP contribution in [-0.2, 0) is 20.2 Å². The van der Waals surface area contributed by atoms with E-state index in [1.807, 2.05) is 0 Å². The summed E-state index contributed by atoms with van der Waals surface area (Å²) in [6.07, 6.45) is 0.